The Hall–Kier alpha value is -9.14. The molecule has 0 atom stereocenters. The average Bonchev–Trinajstić information content (AvgIpc) is 3.75. The maximum atomic E-state index is 12.7. The monoisotopic (exact) mass is 1230 g/mol. The molecule has 7 aromatic rings. The first kappa shape index (κ1) is 63.4. The minimum Gasteiger partial charge on any atom is -0.478 e. The van der Waals surface area contributed by atoms with E-state index in [1.807, 2.05) is 67.8 Å². The van der Waals surface area contributed by atoms with Gasteiger partial charge >= 0.3 is 11.9 Å². The topological polar surface area (TPSA) is 268 Å². The average molecular weight is 1230 g/mol. The van der Waals surface area contributed by atoms with Crippen molar-refractivity contribution >= 4 is 122 Å². The third-order valence-corrected chi connectivity index (χ3v) is 14.4. The predicted molar refractivity (Wildman–Crippen MR) is 333 cm³/mol. The van der Waals surface area contributed by atoms with Gasteiger partial charge in [0.1, 0.15) is 29.9 Å². The second kappa shape index (κ2) is 31.0. The van der Waals surface area contributed by atoms with E-state index < -0.39 is 11.9 Å². The summed E-state index contributed by atoms with van der Waals surface area (Å²) in [5.74, 6) is 1.12. The van der Waals surface area contributed by atoms with Crippen LogP contribution in [-0.2, 0) is 77.1 Å². The minimum absolute atomic E-state index is 0. The maximum Gasteiger partial charge on any atom is 0.331 e. The number of benzene rings is 2. The molecule has 6 N–H and O–H groups in total. The number of esters is 1. The summed E-state index contributed by atoms with van der Waals surface area (Å²) in [6, 6.07) is 21.6. The molecule has 19 nitrogen and oxygen atoms in total. The van der Waals surface area contributed by atoms with E-state index in [0.717, 1.165) is 123 Å². The number of hydrogen-bond donors (Lipinski definition) is 6. The summed E-state index contributed by atoms with van der Waals surface area (Å²) in [5.41, 5.74) is 12.0. The fourth-order valence-corrected chi connectivity index (χ4v) is 9.84. The number of hydrogen-bond acceptors (Lipinski definition) is 12. The number of aromatic nitrogens is 5. The third kappa shape index (κ3) is 19.2. The number of aryl methyl sites for hydroxylation is 6. The van der Waals surface area contributed by atoms with Gasteiger partial charge in [-0.05, 0) is 197 Å². The molecule has 0 aliphatic carbocycles. The molecule has 0 radical (unpaired) electrons. The fraction of sp³-hybridized carbons (Fsp3) is 0.266. The van der Waals surface area contributed by atoms with Crippen LogP contribution in [-0.4, -0.2) is 83.4 Å². The van der Waals surface area contributed by atoms with E-state index in [1.165, 1.54) is 23.1 Å². The summed E-state index contributed by atoms with van der Waals surface area (Å²) in [6.07, 6.45) is 26.2. The van der Waals surface area contributed by atoms with Crippen LogP contribution in [0.5, 0.6) is 0 Å². The van der Waals surface area contributed by atoms with E-state index in [4.69, 9.17) is 9.84 Å². The van der Waals surface area contributed by atoms with Crippen molar-refractivity contribution in [2.24, 2.45) is 0 Å². The smallest absolute Gasteiger partial charge is 0.331 e. The van der Waals surface area contributed by atoms with E-state index >= 15 is 0 Å². The van der Waals surface area contributed by atoms with Crippen LogP contribution in [0.3, 0.4) is 0 Å². The summed E-state index contributed by atoms with van der Waals surface area (Å²) < 4.78 is 6.15. The number of nitrogens with zero attached hydrogens (tertiary/aromatic N) is 5. The number of pyridine rings is 4. The zero-order valence-electron chi connectivity index (χ0n) is 47.3. The van der Waals surface area contributed by atoms with Gasteiger partial charge in [-0.15, -0.1) is 12.4 Å². The molecule has 0 spiro atoms. The molecule has 0 bridgehead atoms. The number of likely N-dealkylation sites (N-methyl/N-ethyl adjacent to an activating group) is 1. The molecule has 21 heteroatoms. The van der Waals surface area contributed by atoms with Crippen molar-refractivity contribution in [1.29, 1.82) is 0 Å². The summed E-state index contributed by atoms with van der Waals surface area (Å²) in [6.45, 7) is 4.94. The van der Waals surface area contributed by atoms with Gasteiger partial charge in [-0.1, -0.05) is 30.3 Å². The Morgan fingerprint density at radius 2 is 1.04 bits per heavy atom. The number of ether oxygens (including phenoxy) is 1. The normalized spacial score (nSPS) is 14.3. The van der Waals surface area contributed by atoms with Gasteiger partial charge in [-0.2, -0.15) is 0 Å². The lowest BCUT2D eigenvalue weighted by Gasteiger charge is -2.17. The third-order valence-electron chi connectivity index (χ3n) is 13.9. The first-order chi connectivity index (χ1) is 40.5. The number of H-pyrrole nitrogens is 1. The van der Waals surface area contributed by atoms with Gasteiger partial charge in [0.2, 0.25) is 29.5 Å². The largest absolute Gasteiger partial charge is 0.478 e. The Morgan fingerprint density at radius 1 is 0.588 bits per heavy atom. The number of fused-ring (bicyclic) bond motifs is 5. The number of amides is 5. The lowest BCUT2D eigenvalue weighted by atomic mass is 10.0. The Bertz CT molecular complexity index is 3700. The highest BCUT2D eigenvalue weighted by Crippen LogP contribution is 2.27. The van der Waals surface area contributed by atoms with Gasteiger partial charge in [0, 0.05) is 104 Å². The molecule has 85 heavy (non-hydrogen) atoms. The van der Waals surface area contributed by atoms with E-state index in [9.17, 15) is 33.6 Å². The van der Waals surface area contributed by atoms with Crippen LogP contribution in [0, 0.1) is 13.8 Å². The maximum absolute atomic E-state index is 12.7. The van der Waals surface area contributed by atoms with Crippen molar-refractivity contribution in [2.75, 3.05) is 28.3 Å². The van der Waals surface area contributed by atoms with Gasteiger partial charge < -0.3 is 41.0 Å². The van der Waals surface area contributed by atoms with Crippen LogP contribution in [0.25, 0.3) is 29.1 Å². The lowest BCUT2D eigenvalue weighted by Crippen LogP contribution is -2.24. The summed E-state index contributed by atoms with van der Waals surface area (Å²) in [7, 11) is 1.81. The Kier molecular flexibility index (Phi) is 23.1. The van der Waals surface area contributed by atoms with E-state index in [0.29, 0.717) is 55.5 Å². The van der Waals surface area contributed by atoms with E-state index in [2.05, 4.69) is 88.1 Å². The van der Waals surface area contributed by atoms with Gasteiger partial charge in [-0.3, -0.25) is 24.0 Å². The zero-order valence-corrected chi connectivity index (χ0v) is 49.7. The van der Waals surface area contributed by atoms with Gasteiger partial charge in [0.25, 0.3) is 0 Å². The summed E-state index contributed by atoms with van der Waals surface area (Å²) in [4.78, 5) is 102. The molecule has 5 amide bonds. The molecule has 0 unspecified atom stereocenters. The van der Waals surface area contributed by atoms with Crippen molar-refractivity contribution in [3.8, 4) is 0 Å². The Morgan fingerprint density at radius 3 is 1.52 bits per heavy atom. The molecule has 440 valence electrons. The number of carboxylic acid groups (broad SMARTS) is 1. The molecule has 0 fully saturated rings. The highest BCUT2D eigenvalue weighted by atomic mass is 79.9. The molecule has 9 heterocycles. The molecule has 5 aromatic heterocycles. The number of carboxylic acids is 1. The second-order valence-corrected chi connectivity index (χ2v) is 21.4. The lowest BCUT2D eigenvalue weighted by molar-refractivity contribution is -0.139. The van der Waals surface area contributed by atoms with Crippen LogP contribution in [0.2, 0.25) is 0 Å². The number of carbonyl (C=O) groups is 7. The summed E-state index contributed by atoms with van der Waals surface area (Å²) >= 11 is 3.36. The van der Waals surface area contributed by atoms with E-state index in [1.54, 1.807) is 47.9 Å². The number of aromatic amines is 1. The number of nitrogens with one attached hydrogen (secondary N) is 5. The minimum atomic E-state index is -0.992. The van der Waals surface area contributed by atoms with Crippen LogP contribution < -0.4 is 21.3 Å². The van der Waals surface area contributed by atoms with Crippen LogP contribution in [0.4, 0.5) is 23.3 Å². The van der Waals surface area contributed by atoms with Crippen molar-refractivity contribution < 1.29 is 43.4 Å². The molecular formula is C64H66BrClN10O9. The molecule has 11 rings (SSSR count). The van der Waals surface area contributed by atoms with E-state index in [-0.39, 0.29) is 48.5 Å². The first-order valence-electron chi connectivity index (χ1n) is 27.6. The SMILES string of the molecule is Cc1cc2[nH]cc(C)c2cc1CN(C)C(=O)/C=C/c1cnc2c(c1)CCCC(=O)N2.Cl.O=C(O)/C=C/c1cnc2c(c1)CCCC(=O)N2.O=C1CCCc2cc(/C=C/C(=O)OCc3ccccc3)cnc2N1.O=C1CCCc2cc(Br)cnc2N1. The molecule has 2 aromatic carbocycles. The number of halogens is 2. The van der Waals surface area contributed by atoms with Crippen LogP contribution in [0.1, 0.15) is 113 Å². The van der Waals surface area contributed by atoms with Crippen molar-refractivity contribution in [3.63, 3.8) is 0 Å². The molecule has 0 saturated carbocycles. The Labute approximate surface area is 506 Å². The first-order valence-corrected chi connectivity index (χ1v) is 28.4. The van der Waals surface area contributed by atoms with Crippen LogP contribution in [0.15, 0.2) is 120 Å². The quantitative estimate of drug-likeness (QED) is 0.0550. The summed E-state index contributed by atoms with van der Waals surface area (Å²) in [5, 5.41) is 20.8. The predicted octanol–water partition coefficient (Wildman–Crippen LogP) is 11.2. The molecule has 4 aliphatic heterocycles. The molecule has 0 saturated heterocycles. The number of carbonyl (C=O) groups excluding carboxylic acids is 6. The second-order valence-electron chi connectivity index (χ2n) is 20.5. The highest BCUT2D eigenvalue weighted by Gasteiger charge is 2.18. The fourth-order valence-electron chi connectivity index (χ4n) is 9.46. The van der Waals surface area contributed by atoms with Gasteiger partial charge in [-0.25, -0.2) is 29.5 Å². The van der Waals surface area contributed by atoms with Crippen molar-refractivity contribution in [2.45, 2.75) is 104 Å². The number of aliphatic carboxylic acids is 1. The van der Waals surface area contributed by atoms with Gasteiger partial charge in [0.15, 0.2) is 0 Å². The van der Waals surface area contributed by atoms with Crippen molar-refractivity contribution in [3.05, 3.63) is 182 Å². The standard InChI is InChI=1S/C24H26N4O2.C19H18N2O3.C12H12N2O3.C9H9BrN2O.ClH/c1-15-9-21-20(16(2)12-25-21)11-19(15)14-28(3)23(30)8-7-17-10-18-5-4-6-22(29)27-24(18)26-13-17;22-17-8-4-7-16-11-15(12-20-19(16)21-17)9-10-18(23)24-13-14-5-2-1-3-6-14;15-10-3-1-2-9-6-8(4-5-11(16)17)7-13-12(9)14-10;10-7-4-6-2-1-3-8(13)12-9(6)11-5-7;/h7-13,25H,4-6,14H2,1-3H3,(H,26,27,29);1-3,5-6,9-12H,4,7-8,13H2,(H,20,21,22);4-7H,1-3H2,(H,16,17)(H,13,14,15);4-5H,1-3H2,(H,11,12,13);1H/b8-7+;10-9+;5-4+;;. The van der Waals surface area contributed by atoms with Crippen LogP contribution >= 0.6 is 28.3 Å². The highest BCUT2D eigenvalue weighted by molar-refractivity contribution is 9.10. The van der Waals surface area contributed by atoms with Gasteiger partial charge in [0.05, 0.1) is 0 Å². The number of anilines is 4. The van der Waals surface area contributed by atoms with Crippen molar-refractivity contribution in [1.82, 2.24) is 29.8 Å². The zero-order chi connectivity index (χ0) is 59.5. The molecular weight excluding hydrogens is 1170 g/mol. The molecule has 4 aliphatic rings. The Balaban J connectivity index is 0.000000169. The number of rotatable bonds is 10.